The number of nitrogens with zero attached hydrogens (tertiary/aromatic N) is 3. The second kappa shape index (κ2) is 28.2. The fourth-order valence-corrected chi connectivity index (χ4v) is 4.49. The number of carbonyl (C=O) groups is 1. The Hall–Kier alpha value is -3.84. The zero-order chi connectivity index (χ0) is 36.2. The Bertz CT molecular complexity index is 1330. The van der Waals surface area contributed by atoms with Crippen LogP contribution in [-0.4, -0.2) is 47.5 Å². The Labute approximate surface area is 293 Å². The lowest BCUT2D eigenvalue weighted by atomic mass is 10.1. The van der Waals surface area contributed by atoms with Crippen molar-refractivity contribution in [1.29, 1.82) is 0 Å². The lowest BCUT2D eigenvalue weighted by Gasteiger charge is -2.22. The molecule has 7 heteroatoms. The number of aromatic nitrogens is 2. The van der Waals surface area contributed by atoms with Gasteiger partial charge < -0.3 is 24.8 Å². The first-order chi connectivity index (χ1) is 23.4. The maximum absolute atomic E-state index is 13.3. The monoisotopic (exact) mass is 662 g/mol. The normalized spacial score (nSPS) is 9.73. The van der Waals surface area contributed by atoms with Gasteiger partial charge in [-0.2, -0.15) is 0 Å². The summed E-state index contributed by atoms with van der Waals surface area (Å²) in [5.74, 6) is 1.63. The fourth-order valence-electron chi connectivity index (χ4n) is 4.49. The standard InChI is InChI=1S/C30H36N4O2.C5H12.C2H7N.2C2H6/c1-4-6-19-34(20-7-5-2)29(35)24-13-18-27-28(21-24)33(3)30(32-27)31-25-14-16-26(17-15-25)36-22-23-11-9-8-10-12-23;1-3-5-4-2;1-3-2;2*1-2/h8-18,21H,4-7,19-20,22H2,1-3H3,(H,31,32);3-5H2,1-2H3;3H,1-2H3;2*1-2H3. The smallest absolute Gasteiger partial charge is 0.253 e. The molecule has 0 saturated carbocycles. The number of anilines is 2. The van der Waals surface area contributed by atoms with E-state index in [4.69, 9.17) is 9.72 Å². The number of hydrogen-bond acceptors (Lipinski definition) is 5. The highest BCUT2D eigenvalue weighted by Gasteiger charge is 2.17. The van der Waals surface area contributed by atoms with Gasteiger partial charge in [-0.25, -0.2) is 4.98 Å². The Morgan fingerprint density at radius 1 is 0.771 bits per heavy atom. The summed E-state index contributed by atoms with van der Waals surface area (Å²) in [6, 6.07) is 23.8. The molecule has 4 rings (SSSR count). The summed E-state index contributed by atoms with van der Waals surface area (Å²) in [7, 11) is 5.72. The molecule has 0 unspecified atom stereocenters. The molecule has 3 aromatic carbocycles. The second-order valence-electron chi connectivity index (χ2n) is 11.0. The van der Waals surface area contributed by atoms with Crippen LogP contribution in [0.25, 0.3) is 11.0 Å². The van der Waals surface area contributed by atoms with Crippen molar-refractivity contribution in [3.05, 3.63) is 83.9 Å². The van der Waals surface area contributed by atoms with Gasteiger partial charge in [-0.3, -0.25) is 4.79 Å². The van der Waals surface area contributed by atoms with Crippen LogP contribution < -0.4 is 15.4 Å². The molecule has 0 saturated heterocycles. The van der Waals surface area contributed by atoms with E-state index < -0.39 is 0 Å². The third-order valence-electron chi connectivity index (χ3n) is 7.04. The number of ether oxygens (including phenoxy) is 1. The van der Waals surface area contributed by atoms with Gasteiger partial charge in [0.25, 0.3) is 5.91 Å². The van der Waals surface area contributed by atoms with Crippen molar-refractivity contribution < 1.29 is 9.53 Å². The van der Waals surface area contributed by atoms with Crippen molar-refractivity contribution in [3.63, 3.8) is 0 Å². The SMILES string of the molecule is CC.CC.CCCCC.CCCCN(CCCC)C(=O)c1ccc2nc(Nc3ccc(OCc4ccccc4)cc3)n(C)c2c1.CNC. The zero-order valence-electron chi connectivity index (χ0n) is 32.2. The van der Waals surface area contributed by atoms with Crippen LogP contribution >= 0.6 is 0 Å². The lowest BCUT2D eigenvalue weighted by Crippen LogP contribution is -2.32. The number of fused-ring (bicyclic) bond motifs is 1. The molecule has 1 heterocycles. The van der Waals surface area contributed by atoms with Crippen LogP contribution in [0.2, 0.25) is 0 Å². The van der Waals surface area contributed by atoms with Crippen LogP contribution in [0.3, 0.4) is 0 Å². The van der Waals surface area contributed by atoms with Gasteiger partial charge in [-0.15, -0.1) is 0 Å². The number of nitrogens with one attached hydrogen (secondary N) is 2. The largest absolute Gasteiger partial charge is 0.489 e. The van der Waals surface area contributed by atoms with Gasteiger partial charge in [-0.1, -0.05) is 118 Å². The van der Waals surface area contributed by atoms with E-state index in [9.17, 15) is 4.79 Å². The van der Waals surface area contributed by atoms with Crippen molar-refractivity contribution in [2.45, 2.75) is 107 Å². The van der Waals surface area contributed by atoms with Gasteiger partial charge in [-0.05, 0) is 75.0 Å². The summed E-state index contributed by atoms with van der Waals surface area (Å²) in [4.78, 5) is 20.0. The first-order valence-corrected chi connectivity index (χ1v) is 18.3. The highest BCUT2D eigenvalue weighted by atomic mass is 16.5. The van der Waals surface area contributed by atoms with Gasteiger partial charge in [0, 0.05) is 31.4 Å². The van der Waals surface area contributed by atoms with Crippen LogP contribution in [0.4, 0.5) is 11.6 Å². The molecule has 1 amide bonds. The maximum Gasteiger partial charge on any atom is 0.253 e. The van der Waals surface area contributed by atoms with Crippen molar-refractivity contribution in [2.24, 2.45) is 7.05 Å². The molecule has 0 fully saturated rings. The van der Waals surface area contributed by atoms with E-state index in [2.05, 4.69) is 50.5 Å². The topological polar surface area (TPSA) is 71.4 Å². The fraction of sp³-hybridized carbons (Fsp3) is 0.512. The van der Waals surface area contributed by atoms with Crippen LogP contribution in [0.5, 0.6) is 5.75 Å². The number of rotatable bonds is 14. The molecule has 4 aromatic rings. The van der Waals surface area contributed by atoms with Crippen molar-refractivity contribution in [2.75, 3.05) is 32.5 Å². The van der Waals surface area contributed by atoms with E-state index in [1.54, 1.807) is 0 Å². The third kappa shape index (κ3) is 16.3. The van der Waals surface area contributed by atoms with E-state index in [1.165, 1.54) is 19.3 Å². The Morgan fingerprint density at radius 3 is 1.81 bits per heavy atom. The Balaban J connectivity index is 0.00000161. The molecular weight excluding hydrogens is 594 g/mol. The van der Waals surface area contributed by atoms with Gasteiger partial charge in [0.1, 0.15) is 12.4 Å². The first-order valence-electron chi connectivity index (χ1n) is 18.3. The van der Waals surface area contributed by atoms with Crippen LogP contribution in [0.1, 0.15) is 116 Å². The molecule has 0 atom stereocenters. The van der Waals surface area contributed by atoms with Crippen LogP contribution in [0.15, 0.2) is 72.8 Å². The van der Waals surface area contributed by atoms with Crippen molar-refractivity contribution >= 4 is 28.6 Å². The molecule has 7 nitrogen and oxygen atoms in total. The van der Waals surface area contributed by atoms with E-state index in [1.807, 2.05) is 119 Å². The summed E-state index contributed by atoms with van der Waals surface area (Å²) in [6.45, 7) is 18.9. The number of aryl methyl sites for hydroxylation is 1. The first kappa shape index (κ1) is 44.2. The number of amides is 1. The molecule has 2 N–H and O–H groups in total. The second-order valence-corrected chi connectivity index (χ2v) is 11.0. The van der Waals surface area contributed by atoms with Crippen LogP contribution in [-0.2, 0) is 13.7 Å². The van der Waals surface area contributed by atoms with Gasteiger partial charge in [0.2, 0.25) is 5.95 Å². The molecule has 48 heavy (non-hydrogen) atoms. The quantitative estimate of drug-likeness (QED) is 0.141. The molecule has 0 aliphatic carbocycles. The number of unbranched alkanes of at least 4 members (excludes halogenated alkanes) is 4. The lowest BCUT2D eigenvalue weighted by molar-refractivity contribution is 0.0751. The number of imidazole rings is 1. The number of benzene rings is 3. The molecule has 1 aromatic heterocycles. The van der Waals surface area contributed by atoms with E-state index in [0.29, 0.717) is 12.2 Å². The van der Waals surface area contributed by atoms with Crippen molar-refractivity contribution in [3.8, 4) is 5.75 Å². The van der Waals surface area contributed by atoms with Gasteiger partial charge in [0.15, 0.2) is 0 Å². The average molecular weight is 662 g/mol. The predicted molar refractivity (Wildman–Crippen MR) is 210 cm³/mol. The number of carbonyl (C=O) groups excluding carboxylic acids is 1. The maximum atomic E-state index is 13.3. The molecular formula is C41H67N5O2. The van der Waals surface area contributed by atoms with E-state index >= 15 is 0 Å². The highest BCUT2D eigenvalue weighted by Crippen LogP contribution is 2.25. The Morgan fingerprint density at radius 2 is 1.31 bits per heavy atom. The minimum absolute atomic E-state index is 0.0978. The Kier molecular flexibility index (Phi) is 25.9. The molecule has 0 spiro atoms. The van der Waals surface area contributed by atoms with Crippen LogP contribution in [0, 0.1) is 0 Å². The highest BCUT2D eigenvalue weighted by molar-refractivity contribution is 5.97. The summed E-state index contributed by atoms with van der Waals surface area (Å²) in [5.41, 5.74) is 4.55. The van der Waals surface area contributed by atoms with Crippen molar-refractivity contribution in [1.82, 2.24) is 19.8 Å². The minimum atomic E-state index is 0.0978. The zero-order valence-corrected chi connectivity index (χ0v) is 32.2. The third-order valence-corrected chi connectivity index (χ3v) is 7.04. The minimum Gasteiger partial charge on any atom is -0.489 e. The molecule has 0 aliphatic rings. The van der Waals surface area contributed by atoms with E-state index in [-0.39, 0.29) is 5.91 Å². The number of hydrogen-bond donors (Lipinski definition) is 2. The average Bonchev–Trinajstić information content (AvgIpc) is 3.44. The molecule has 0 aliphatic heterocycles. The molecule has 0 bridgehead atoms. The summed E-state index contributed by atoms with van der Waals surface area (Å²) >= 11 is 0. The summed E-state index contributed by atoms with van der Waals surface area (Å²) < 4.78 is 7.88. The molecule has 0 radical (unpaired) electrons. The summed E-state index contributed by atoms with van der Waals surface area (Å²) in [6.07, 6.45) is 8.27. The summed E-state index contributed by atoms with van der Waals surface area (Å²) in [5, 5.41) is 6.14. The van der Waals surface area contributed by atoms with E-state index in [0.717, 1.165) is 72.8 Å². The predicted octanol–water partition coefficient (Wildman–Crippen LogP) is 11.0. The van der Waals surface area contributed by atoms with Gasteiger partial charge in [0.05, 0.1) is 11.0 Å². The molecule has 268 valence electrons. The van der Waals surface area contributed by atoms with Gasteiger partial charge >= 0.3 is 0 Å².